The van der Waals surface area contributed by atoms with Crippen LogP contribution in [0, 0.1) is 6.92 Å². The number of oxazole rings is 1. The fourth-order valence-corrected chi connectivity index (χ4v) is 3.83. The minimum absolute atomic E-state index is 0.252. The molecule has 148 valence electrons. The van der Waals surface area contributed by atoms with Gasteiger partial charge in [0, 0.05) is 24.2 Å². The van der Waals surface area contributed by atoms with Crippen molar-refractivity contribution in [2.75, 3.05) is 6.61 Å². The van der Waals surface area contributed by atoms with E-state index in [-0.39, 0.29) is 11.1 Å². The molecule has 2 aromatic heterocycles. The Morgan fingerprint density at radius 3 is 2.69 bits per heavy atom. The minimum Gasteiger partial charge on any atom is -0.477 e. The highest BCUT2D eigenvalue weighted by Gasteiger charge is 2.31. The largest absolute Gasteiger partial charge is 0.477 e. The van der Waals surface area contributed by atoms with Gasteiger partial charge in [0.15, 0.2) is 0 Å². The van der Waals surface area contributed by atoms with Crippen molar-refractivity contribution >= 4 is 22.9 Å². The number of hydrogen-bond acceptors (Lipinski definition) is 7. The van der Waals surface area contributed by atoms with Crippen LogP contribution in [0.2, 0.25) is 0 Å². The van der Waals surface area contributed by atoms with Gasteiger partial charge in [-0.3, -0.25) is 14.9 Å². The third-order valence-electron chi connectivity index (χ3n) is 4.49. The highest BCUT2D eigenvalue weighted by molar-refractivity contribution is 8.15. The first kappa shape index (κ1) is 19.2. The number of thioether (sulfide) groups is 1. The molecular formula is C21H19N3O4S. The zero-order valence-corrected chi connectivity index (χ0v) is 16.6. The average molecular weight is 409 g/mol. The standard InChI is InChI=1S/C21H19N3O4S/c1-13-16(23-20(28-13)15-5-3-2-4-6-15)9-10-27-18-8-7-14(12-22-18)11-17-19(25)24-21(26)29-17/h2-8,12,17H,9-11H2,1H3,(H,24,25,26). The minimum atomic E-state index is -0.398. The summed E-state index contributed by atoms with van der Waals surface area (Å²) in [5.41, 5.74) is 2.67. The van der Waals surface area contributed by atoms with Gasteiger partial charge in [0.25, 0.3) is 5.24 Å². The van der Waals surface area contributed by atoms with Gasteiger partial charge in [0.2, 0.25) is 17.7 Å². The first-order chi connectivity index (χ1) is 14.1. The number of aryl methyl sites for hydroxylation is 1. The number of nitrogens with zero attached hydrogens (tertiary/aromatic N) is 2. The summed E-state index contributed by atoms with van der Waals surface area (Å²) in [6.07, 6.45) is 2.73. The number of carbonyl (C=O) groups is 2. The van der Waals surface area contributed by atoms with Gasteiger partial charge < -0.3 is 9.15 Å². The summed E-state index contributed by atoms with van der Waals surface area (Å²) in [7, 11) is 0. The van der Waals surface area contributed by atoms with Gasteiger partial charge in [-0.05, 0) is 31.0 Å². The van der Waals surface area contributed by atoms with E-state index in [1.54, 1.807) is 12.3 Å². The number of hydrogen-bond donors (Lipinski definition) is 1. The monoisotopic (exact) mass is 409 g/mol. The Morgan fingerprint density at radius 1 is 1.17 bits per heavy atom. The van der Waals surface area contributed by atoms with Crippen LogP contribution in [0.25, 0.3) is 11.5 Å². The summed E-state index contributed by atoms with van der Waals surface area (Å²) in [4.78, 5) is 31.7. The molecule has 0 spiro atoms. The van der Waals surface area contributed by atoms with Crippen LogP contribution in [0.1, 0.15) is 17.0 Å². The highest BCUT2D eigenvalue weighted by Crippen LogP contribution is 2.24. The quantitative estimate of drug-likeness (QED) is 0.637. The van der Waals surface area contributed by atoms with E-state index in [1.165, 1.54) is 0 Å². The van der Waals surface area contributed by atoms with E-state index in [1.807, 2.05) is 43.3 Å². The number of imide groups is 1. The van der Waals surface area contributed by atoms with Crippen LogP contribution in [0.3, 0.4) is 0 Å². The number of amides is 2. The molecule has 1 atom stereocenters. The zero-order chi connectivity index (χ0) is 20.2. The summed E-state index contributed by atoms with van der Waals surface area (Å²) in [5, 5.41) is 1.59. The van der Waals surface area contributed by atoms with Crippen molar-refractivity contribution in [1.82, 2.24) is 15.3 Å². The number of aromatic nitrogens is 2. The Bertz CT molecular complexity index is 1020. The van der Waals surface area contributed by atoms with Crippen LogP contribution in [-0.4, -0.2) is 33.0 Å². The van der Waals surface area contributed by atoms with Crippen molar-refractivity contribution in [2.45, 2.75) is 25.0 Å². The predicted octanol–water partition coefficient (Wildman–Crippen LogP) is 3.56. The summed E-state index contributed by atoms with van der Waals surface area (Å²) in [6.45, 7) is 2.31. The summed E-state index contributed by atoms with van der Waals surface area (Å²) in [5.74, 6) is 1.63. The van der Waals surface area contributed by atoms with Gasteiger partial charge in [0.05, 0.1) is 17.6 Å². The zero-order valence-electron chi connectivity index (χ0n) is 15.8. The van der Waals surface area contributed by atoms with Crippen LogP contribution >= 0.6 is 11.8 Å². The molecule has 1 saturated heterocycles. The second-order valence-corrected chi connectivity index (χ2v) is 7.75. The Hall–Kier alpha value is -3.13. The van der Waals surface area contributed by atoms with Gasteiger partial charge in [-0.15, -0.1) is 0 Å². The van der Waals surface area contributed by atoms with E-state index >= 15 is 0 Å². The second kappa shape index (κ2) is 8.48. The molecule has 3 heterocycles. The molecule has 1 fully saturated rings. The van der Waals surface area contributed by atoms with Gasteiger partial charge in [-0.1, -0.05) is 36.0 Å². The Kier molecular flexibility index (Phi) is 5.62. The van der Waals surface area contributed by atoms with Gasteiger partial charge in [-0.25, -0.2) is 9.97 Å². The van der Waals surface area contributed by atoms with E-state index in [0.29, 0.717) is 31.2 Å². The molecule has 7 nitrogen and oxygen atoms in total. The molecule has 4 rings (SSSR count). The maximum Gasteiger partial charge on any atom is 0.286 e. The molecule has 1 aromatic carbocycles. The second-order valence-electron chi connectivity index (χ2n) is 6.58. The molecule has 3 aromatic rings. The maximum atomic E-state index is 11.6. The first-order valence-electron chi connectivity index (χ1n) is 9.19. The van der Waals surface area contributed by atoms with Crippen molar-refractivity contribution in [3.63, 3.8) is 0 Å². The molecule has 1 aliphatic heterocycles. The van der Waals surface area contributed by atoms with Crippen LogP contribution in [-0.2, 0) is 17.6 Å². The number of rotatable bonds is 7. The lowest BCUT2D eigenvalue weighted by Gasteiger charge is -2.07. The number of ether oxygens (including phenoxy) is 1. The lowest BCUT2D eigenvalue weighted by molar-refractivity contribution is -0.118. The molecule has 2 amide bonds. The van der Waals surface area contributed by atoms with E-state index in [9.17, 15) is 9.59 Å². The SMILES string of the molecule is Cc1oc(-c2ccccc2)nc1CCOc1ccc(CC2SC(=O)NC2=O)cn1. The molecular weight excluding hydrogens is 390 g/mol. The maximum absolute atomic E-state index is 11.6. The molecule has 8 heteroatoms. The number of pyridine rings is 1. The smallest absolute Gasteiger partial charge is 0.286 e. The molecule has 0 aliphatic carbocycles. The van der Waals surface area contributed by atoms with Crippen molar-refractivity contribution in [2.24, 2.45) is 0 Å². The normalized spacial score (nSPS) is 16.1. The molecule has 0 bridgehead atoms. The molecule has 0 radical (unpaired) electrons. The van der Waals surface area contributed by atoms with Gasteiger partial charge >= 0.3 is 0 Å². The summed E-state index contributed by atoms with van der Waals surface area (Å²) >= 11 is 1.01. The van der Waals surface area contributed by atoms with Gasteiger partial charge in [0.1, 0.15) is 5.76 Å². The van der Waals surface area contributed by atoms with E-state index in [2.05, 4.69) is 15.3 Å². The number of benzene rings is 1. The molecule has 1 unspecified atom stereocenters. The Morgan fingerprint density at radius 2 is 2.00 bits per heavy atom. The third kappa shape index (κ3) is 4.65. The van der Waals surface area contributed by atoms with E-state index < -0.39 is 5.25 Å². The van der Waals surface area contributed by atoms with E-state index in [0.717, 1.165) is 34.3 Å². The fraction of sp³-hybridized carbons (Fsp3) is 0.238. The predicted molar refractivity (Wildman–Crippen MR) is 109 cm³/mol. The molecule has 29 heavy (non-hydrogen) atoms. The van der Waals surface area contributed by atoms with Crippen LogP contribution in [0.5, 0.6) is 5.88 Å². The number of nitrogens with one attached hydrogen (secondary N) is 1. The van der Waals surface area contributed by atoms with Crippen LogP contribution in [0.4, 0.5) is 4.79 Å². The highest BCUT2D eigenvalue weighted by atomic mass is 32.2. The number of carbonyl (C=O) groups excluding carboxylic acids is 2. The first-order valence-corrected chi connectivity index (χ1v) is 10.1. The third-order valence-corrected chi connectivity index (χ3v) is 5.47. The molecule has 0 saturated carbocycles. The molecule has 1 N–H and O–H groups in total. The lowest BCUT2D eigenvalue weighted by atomic mass is 10.1. The lowest BCUT2D eigenvalue weighted by Crippen LogP contribution is -2.25. The van der Waals surface area contributed by atoms with Crippen LogP contribution in [0.15, 0.2) is 53.1 Å². The fourth-order valence-electron chi connectivity index (χ4n) is 2.98. The van der Waals surface area contributed by atoms with Crippen molar-refractivity contribution < 1.29 is 18.7 Å². The Labute approximate surface area is 171 Å². The topological polar surface area (TPSA) is 94.3 Å². The Balaban J connectivity index is 1.30. The average Bonchev–Trinajstić information content (AvgIpc) is 3.25. The van der Waals surface area contributed by atoms with Crippen molar-refractivity contribution in [3.05, 3.63) is 65.7 Å². The van der Waals surface area contributed by atoms with Crippen molar-refractivity contribution in [3.8, 4) is 17.3 Å². The van der Waals surface area contributed by atoms with Crippen LogP contribution < -0.4 is 10.1 Å². The van der Waals surface area contributed by atoms with Crippen molar-refractivity contribution in [1.29, 1.82) is 0 Å². The van der Waals surface area contributed by atoms with Gasteiger partial charge in [-0.2, -0.15) is 0 Å². The van der Waals surface area contributed by atoms with E-state index in [4.69, 9.17) is 9.15 Å². The summed E-state index contributed by atoms with van der Waals surface area (Å²) < 4.78 is 11.5. The molecule has 1 aliphatic rings. The summed E-state index contributed by atoms with van der Waals surface area (Å²) in [6, 6.07) is 13.4.